The molecular formula is C17H21N3O4S. The van der Waals surface area contributed by atoms with Crippen molar-refractivity contribution in [2.75, 3.05) is 27.3 Å². The van der Waals surface area contributed by atoms with Gasteiger partial charge in [0.25, 0.3) is 5.56 Å². The Morgan fingerprint density at radius 3 is 2.52 bits per heavy atom. The second kappa shape index (κ2) is 7.28. The van der Waals surface area contributed by atoms with E-state index in [1.54, 1.807) is 20.3 Å². The predicted molar refractivity (Wildman–Crippen MR) is 96.1 cm³/mol. The first kappa shape index (κ1) is 17.5. The molecule has 1 atom stereocenters. The second-order valence-electron chi connectivity index (χ2n) is 5.90. The van der Waals surface area contributed by atoms with E-state index in [2.05, 4.69) is 14.9 Å². The number of para-hydroxylation sites is 1. The molecule has 134 valence electrons. The zero-order chi connectivity index (χ0) is 18.0. The predicted octanol–water partition coefficient (Wildman–Crippen LogP) is 2.34. The molecule has 1 aromatic carbocycles. The van der Waals surface area contributed by atoms with Crippen LogP contribution in [0.2, 0.25) is 0 Å². The van der Waals surface area contributed by atoms with Gasteiger partial charge in [0.05, 0.1) is 25.8 Å². The summed E-state index contributed by atoms with van der Waals surface area (Å²) in [6.07, 6.45) is 2.06. The van der Waals surface area contributed by atoms with Crippen molar-refractivity contribution in [2.24, 2.45) is 0 Å². The van der Waals surface area contributed by atoms with Crippen LogP contribution >= 0.6 is 12.2 Å². The van der Waals surface area contributed by atoms with E-state index in [4.69, 9.17) is 21.7 Å². The number of hydrogen-bond donors (Lipinski definition) is 3. The Morgan fingerprint density at radius 1 is 1.20 bits per heavy atom. The number of H-pyrrole nitrogens is 2. The zero-order valence-corrected chi connectivity index (χ0v) is 15.0. The van der Waals surface area contributed by atoms with Crippen molar-refractivity contribution in [1.29, 1.82) is 0 Å². The van der Waals surface area contributed by atoms with E-state index in [1.807, 2.05) is 12.1 Å². The van der Waals surface area contributed by atoms with Crippen LogP contribution in [0.25, 0.3) is 0 Å². The fraction of sp³-hybridized carbons (Fsp3) is 0.412. The average molecular weight is 363 g/mol. The number of benzene rings is 1. The Kier molecular flexibility index (Phi) is 5.10. The van der Waals surface area contributed by atoms with Crippen molar-refractivity contribution in [1.82, 2.24) is 14.9 Å². The summed E-state index contributed by atoms with van der Waals surface area (Å²) in [4.78, 5) is 19.9. The zero-order valence-electron chi connectivity index (χ0n) is 14.2. The van der Waals surface area contributed by atoms with Gasteiger partial charge >= 0.3 is 0 Å². The molecule has 0 bridgehead atoms. The summed E-state index contributed by atoms with van der Waals surface area (Å²) in [6, 6.07) is 5.05. The van der Waals surface area contributed by atoms with Crippen LogP contribution in [0.4, 0.5) is 0 Å². The van der Waals surface area contributed by atoms with Crippen molar-refractivity contribution in [2.45, 2.75) is 18.9 Å². The van der Waals surface area contributed by atoms with E-state index in [0.29, 0.717) is 11.5 Å². The summed E-state index contributed by atoms with van der Waals surface area (Å²) in [5.41, 5.74) is 0.570. The molecule has 0 radical (unpaired) electrons. The summed E-state index contributed by atoms with van der Waals surface area (Å²) in [6.45, 7) is 1.64. The number of likely N-dealkylation sites (tertiary alicyclic amines) is 1. The van der Waals surface area contributed by atoms with Crippen molar-refractivity contribution in [3.05, 3.63) is 44.5 Å². The highest BCUT2D eigenvalue weighted by molar-refractivity contribution is 7.71. The Labute approximate surface area is 150 Å². The standard InChI is InChI=1S/C17H21N3O4S/c1-23-11-7-5-6-10(14(11)24-2)13(20-8-3-4-9-20)12-15(21)18-17(25)19-16(12)22/h5-7,13H,3-4,8-9H2,1-2H3,(H3,18,19,21,22,25). The molecule has 3 rings (SSSR count). The summed E-state index contributed by atoms with van der Waals surface area (Å²) in [7, 11) is 3.13. The van der Waals surface area contributed by atoms with Crippen molar-refractivity contribution < 1.29 is 14.6 Å². The lowest BCUT2D eigenvalue weighted by Crippen LogP contribution is -2.32. The molecule has 1 aromatic heterocycles. The van der Waals surface area contributed by atoms with Gasteiger partial charge < -0.3 is 19.6 Å². The number of methoxy groups -OCH3 is 2. The van der Waals surface area contributed by atoms with E-state index < -0.39 is 11.6 Å². The number of rotatable bonds is 5. The van der Waals surface area contributed by atoms with Crippen molar-refractivity contribution in [3.63, 3.8) is 0 Å². The molecule has 7 nitrogen and oxygen atoms in total. The third kappa shape index (κ3) is 3.27. The summed E-state index contributed by atoms with van der Waals surface area (Å²) in [5.74, 6) is 0.891. The fourth-order valence-corrected chi connectivity index (χ4v) is 3.59. The van der Waals surface area contributed by atoms with E-state index >= 15 is 0 Å². The third-order valence-electron chi connectivity index (χ3n) is 4.47. The van der Waals surface area contributed by atoms with E-state index in [0.717, 1.165) is 31.5 Å². The maximum atomic E-state index is 12.6. The van der Waals surface area contributed by atoms with Gasteiger partial charge in [0.15, 0.2) is 16.3 Å². The lowest BCUT2D eigenvalue weighted by atomic mass is 9.97. The van der Waals surface area contributed by atoms with Gasteiger partial charge in [0, 0.05) is 5.56 Å². The van der Waals surface area contributed by atoms with Crippen LogP contribution in [0.15, 0.2) is 23.0 Å². The van der Waals surface area contributed by atoms with Crippen LogP contribution in [0.3, 0.4) is 0 Å². The van der Waals surface area contributed by atoms with Crippen molar-refractivity contribution >= 4 is 12.2 Å². The summed E-state index contributed by atoms with van der Waals surface area (Å²) in [5, 5.41) is 10.4. The SMILES string of the molecule is COc1cccc(C(c2c(O)[nH]c(=S)[nH]c2=O)N2CCCC2)c1OC. The second-order valence-corrected chi connectivity index (χ2v) is 6.31. The largest absolute Gasteiger partial charge is 0.494 e. The Morgan fingerprint density at radius 2 is 1.92 bits per heavy atom. The minimum absolute atomic E-state index is 0.0871. The number of hydrogen-bond acceptors (Lipinski definition) is 6. The van der Waals surface area contributed by atoms with E-state index in [-0.39, 0.29) is 16.2 Å². The molecule has 0 aliphatic carbocycles. The lowest BCUT2D eigenvalue weighted by molar-refractivity contribution is 0.261. The van der Waals surface area contributed by atoms with Crippen LogP contribution in [0, 0.1) is 4.77 Å². The number of nitrogens with one attached hydrogen (secondary N) is 2. The monoisotopic (exact) mass is 363 g/mol. The Hall–Kier alpha value is -2.32. The van der Waals surface area contributed by atoms with E-state index in [9.17, 15) is 9.90 Å². The summed E-state index contributed by atoms with van der Waals surface area (Å²) >= 11 is 4.94. The van der Waals surface area contributed by atoms with Crippen LogP contribution < -0.4 is 15.0 Å². The van der Waals surface area contributed by atoms with Gasteiger partial charge in [-0.25, -0.2) is 0 Å². The topological polar surface area (TPSA) is 90.6 Å². The minimum Gasteiger partial charge on any atom is -0.494 e. The van der Waals surface area contributed by atoms with Gasteiger partial charge in [-0.1, -0.05) is 12.1 Å². The molecule has 3 N–H and O–H groups in total. The number of nitrogens with zero attached hydrogens (tertiary/aromatic N) is 1. The molecule has 1 aliphatic heterocycles. The first-order chi connectivity index (χ1) is 12.1. The Balaban J connectivity index is 2.25. The molecule has 1 aliphatic rings. The van der Waals surface area contributed by atoms with Crippen LogP contribution in [-0.2, 0) is 0 Å². The minimum atomic E-state index is -0.469. The first-order valence-electron chi connectivity index (χ1n) is 8.07. The van der Waals surface area contributed by atoms with Crippen LogP contribution in [-0.4, -0.2) is 47.3 Å². The Bertz CT molecular complexity index is 871. The van der Waals surface area contributed by atoms with Gasteiger partial charge in [-0.15, -0.1) is 0 Å². The smallest absolute Gasteiger partial charge is 0.260 e. The molecule has 0 spiro atoms. The lowest BCUT2D eigenvalue weighted by Gasteiger charge is -2.29. The molecule has 0 saturated carbocycles. The average Bonchev–Trinajstić information content (AvgIpc) is 3.11. The molecule has 1 unspecified atom stereocenters. The highest BCUT2D eigenvalue weighted by atomic mass is 32.1. The highest BCUT2D eigenvalue weighted by Gasteiger charge is 2.33. The normalized spacial score (nSPS) is 15.9. The van der Waals surface area contributed by atoms with Gasteiger partial charge in [-0.2, -0.15) is 0 Å². The third-order valence-corrected chi connectivity index (χ3v) is 4.67. The molecule has 25 heavy (non-hydrogen) atoms. The van der Waals surface area contributed by atoms with Gasteiger partial charge in [0.1, 0.15) is 0 Å². The van der Waals surface area contributed by atoms with Gasteiger partial charge in [-0.3, -0.25) is 14.7 Å². The molecule has 0 amide bonds. The fourth-order valence-electron chi connectivity index (χ4n) is 3.40. The number of ether oxygens (including phenoxy) is 2. The maximum Gasteiger partial charge on any atom is 0.260 e. The number of aromatic nitrogens is 2. The summed E-state index contributed by atoms with van der Waals surface area (Å²) < 4.78 is 11.0. The number of aromatic amines is 2. The molecule has 1 fully saturated rings. The quantitative estimate of drug-likeness (QED) is 0.707. The molecular weight excluding hydrogens is 342 g/mol. The molecule has 2 heterocycles. The molecule has 8 heteroatoms. The first-order valence-corrected chi connectivity index (χ1v) is 8.48. The number of aromatic hydroxyl groups is 1. The molecule has 2 aromatic rings. The molecule has 1 saturated heterocycles. The van der Waals surface area contributed by atoms with Crippen LogP contribution in [0.5, 0.6) is 17.4 Å². The van der Waals surface area contributed by atoms with Crippen molar-refractivity contribution in [3.8, 4) is 17.4 Å². The van der Waals surface area contributed by atoms with Gasteiger partial charge in [-0.05, 0) is 44.2 Å². The maximum absolute atomic E-state index is 12.6. The van der Waals surface area contributed by atoms with E-state index in [1.165, 1.54) is 0 Å². The van der Waals surface area contributed by atoms with Gasteiger partial charge in [0.2, 0.25) is 5.88 Å². The van der Waals surface area contributed by atoms with Crippen LogP contribution in [0.1, 0.15) is 30.0 Å². The highest BCUT2D eigenvalue weighted by Crippen LogP contribution is 2.41.